The van der Waals surface area contributed by atoms with E-state index in [0.29, 0.717) is 17.8 Å². The average molecular weight is 396 g/mol. The Morgan fingerprint density at radius 2 is 2.07 bits per heavy atom. The lowest BCUT2D eigenvalue weighted by atomic mass is 10.1. The van der Waals surface area contributed by atoms with Crippen LogP contribution in [-0.4, -0.2) is 51.0 Å². The number of benzene rings is 1. The van der Waals surface area contributed by atoms with Crippen LogP contribution in [0.15, 0.2) is 24.3 Å². The third-order valence-electron chi connectivity index (χ3n) is 5.38. The second kappa shape index (κ2) is 7.57. The Bertz CT molecular complexity index is 959. The molecule has 9 nitrogen and oxygen atoms in total. The van der Waals surface area contributed by atoms with E-state index in [4.69, 9.17) is 5.73 Å². The molecular weight excluding hydrogens is 372 g/mol. The van der Waals surface area contributed by atoms with Gasteiger partial charge < -0.3 is 16.0 Å². The zero-order valence-corrected chi connectivity index (χ0v) is 16.4. The van der Waals surface area contributed by atoms with Crippen molar-refractivity contribution in [3.05, 3.63) is 46.8 Å². The standard InChI is InChI=1S/C20H24N6O3/c1-24-12-18(27)25(20(24)29)11-14-6-5-13(19(21)28)8-17(14)22-10-15-9-16-4-2-3-7-26(16)23-15/h5-6,8-9,22H,2-4,7,10-12H2,1H3,(H2,21,28). The van der Waals surface area contributed by atoms with E-state index in [1.165, 1.54) is 21.9 Å². The number of urea groups is 1. The maximum absolute atomic E-state index is 12.2. The van der Waals surface area contributed by atoms with Crippen LogP contribution in [0.4, 0.5) is 10.5 Å². The summed E-state index contributed by atoms with van der Waals surface area (Å²) in [5.74, 6) is -0.783. The molecule has 2 aliphatic rings. The number of carbonyl (C=O) groups excluding carboxylic acids is 3. The van der Waals surface area contributed by atoms with E-state index >= 15 is 0 Å². The number of anilines is 1. The number of likely N-dealkylation sites (N-methyl/N-ethyl adjacent to an activating group) is 1. The number of nitrogens with two attached hydrogens (primary N) is 1. The van der Waals surface area contributed by atoms with Crippen LogP contribution in [0.5, 0.6) is 0 Å². The highest BCUT2D eigenvalue weighted by Crippen LogP contribution is 2.23. The molecule has 152 valence electrons. The molecule has 1 saturated heterocycles. The predicted molar refractivity (Wildman–Crippen MR) is 106 cm³/mol. The number of aryl methyl sites for hydroxylation is 2. The van der Waals surface area contributed by atoms with Crippen LogP contribution in [-0.2, 0) is 30.8 Å². The topological polar surface area (TPSA) is 114 Å². The van der Waals surface area contributed by atoms with Crippen molar-refractivity contribution in [2.75, 3.05) is 18.9 Å². The van der Waals surface area contributed by atoms with Gasteiger partial charge in [-0.15, -0.1) is 0 Å². The van der Waals surface area contributed by atoms with E-state index in [2.05, 4.69) is 16.5 Å². The van der Waals surface area contributed by atoms with Crippen molar-refractivity contribution in [1.29, 1.82) is 0 Å². The van der Waals surface area contributed by atoms with Crippen molar-refractivity contribution in [2.45, 2.75) is 38.9 Å². The van der Waals surface area contributed by atoms with Gasteiger partial charge in [-0.05, 0) is 43.0 Å². The first-order valence-corrected chi connectivity index (χ1v) is 9.70. The van der Waals surface area contributed by atoms with Crippen molar-refractivity contribution < 1.29 is 14.4 Å². The first-order valence-electron chi connectivity index (χ1n) is 9.70. The van der Waals surface area contributed by atoms with E-state index in [1.807, 2.05) is 4.68 Å². The van der Waals surface area contributed by atoms with Gasteiger partial charge in [-0.2, -0.15) is 5.10 Å². The van der Waals surface area contributed by atoms with Gasteiger partial charge in [0.2, 0.25) is 5.91 Å². The zero-order valence-electron chi connectivity index (χ0n) is 16.4. The Balaban J connectivity index is 1.56. The monoisotopic (exact) mass is 396 g/mol. The van der Waals surface area contributed by atoms with Gasteiger partial charge in [0.1, 0.15) is 6.54 Å². The number of imide groups is 1. The minimum absolute atomic E-state index is 0.0706. The summed E-state index contributed by atoms with van der Waals surface area (Å²) in [5, 5.41) is 7.93. The Hall–Kier alpha value is -3.36. The molecule has 2 aliphatic heterocycles. The maximum atomic E-state index is 12.2. The van der Waals surface area contributed by atoms with Gasteiger partial charge in [0.15, 0.2) is 0 Å². The third-order valence-corrected chi connectivity index (χ3v) is 5.38. The van der Waals surface area contributed by atoms with E-state index in [1.54, 1.807) is 25.2 Å². The normalized spacial score (nSPS) is 16.3. The van der Waals surface area contributed by atoms with Crippen molar-refractivity contribution >= 4 is 23.5 Å². The third kappa shape index (κ3) is 3.80. The lowest BCUT2D eigenvalue weighted by Gasteiger charge is -2.18. The molecule has 0 atom stereocenters. The zero-order chi connectivity index (χ0) is 20.5. The minimum atomic E-state index is -0.537. The predicted octanol–water partition coefficient (Wildman–Crippen LogP) is 1.32. The fraction of sp³-hybridized carbons (Fsp3) is 0.400. The van der Waals surface area contributed by atoms with Crippen LogP contribution in [0.25, 0.3) is 0 Å². The molecule has 9 heteroatoms. The van der Waals surface area contributed by atoms with Gasteiger partial charge in [-0.3, -0.25) is 19.2 Å². The summed E-state index contributed by atoms with van der Waals surface area (Å²) in [6.07, 6.45) is 3.34. The van der Waals surface area contributed by atoms with Crippen molar-refractivity contribution in [3.8, 4) is 0 Å². The summed E-state index contributed by atoms with van der Waals surface area (Å²) in [5.41, 5.74) is 9.31. The average Bonchev–Trinajstić information content (AvgIpc) is 3.22. The molecule has 0 saturated carbocycles. The minimum Gasteiger partial charge on any atom is -0.379 e. The van der Waals surface area contributed by atoms with Crippen LogP contribution >= 0.6 is 0 Å². The van der Waals surface area contributed by atoms with Crippen LogP contribution in [0.1, 0.15) is 40.2 Å². The molecule has 0 spiro atoms. The van der Waals surface area contributed by atoms with Crippen molar-refractivity contribution in [2.24, 2.45) is 5.73 Å². The first kappa shape index (κ1) is 19.0. The Morgan fingerprint density at radius 3 is 2.76 bits per heavy atom. The highest BCUT2D eigenvalue weighted by Gasteiger charge is 2.33. The SMILES string of the molecule is CN1CC(=O)N(Cc2ccc(C(N)=O)cc2NCc2cc3n(n2)CCCC3)C1=O. The number of hydrogen-bond acceptors (Lipinski definition) is 5. The summed E-state index contributed by atoms with van der Waals surface area (Å²) < 4.78 is 2.04. The molecule has 3 heterocycles. The fourth-order valence-electron chi connectivity index (χ4n) is 3.78. The molecule has 1 aromatic carbocycles. The number of aromatic nitrogens is 2. The van der Waals surface area contributed by atoms with Crippen molar-refractivity contribution in [1.82, 2.24) is 19.6 Å². The van der Waals surface area contributed by atoms with Gasteiger partial charge >= 0.3 is 6.03 Å². The summed E-state index contributed by atoms with van der Waals surface area (Å²) in [7, 11) is 1.59. The van der Waals surface area contributed by atoms with Crippen LogP contribution in [0.2, 0.25) is 0 Å². The number of rotatable bonds is 6. The number of primary amides is 1. The summed E-state index contributed by atoms with van der Waals surface area (Å²) in [4.78, 5) is 38.6. The lowest BCUT2D eigenvalue weighted by Crippen LogP contribution is -2.31. The highest BCUT2D eigenvalue weighted by atomic mass is 16.2. The molecule has 0 aliphatic carbocycles. The molecule has 0 unspecified atom stereocenters. The molecule has 1 fully saturated rings. The molecule has 0 bridgehead atoms. The van der Waals surface area contributed by atoms with Gasteiger partial charge in [0, 0.05) is 30.5 Å². The first-order chi connectivity index (χ1) is 13.9. The molecule has 0 radical (unpaired) electrons. The van der Waals surface area contributed by atoms with E-state index in [-0.39, 0.29) is 25.0 Å². The Labute approximate surface area is 168 Å². The molecule has 2 aromatic rings. The van der Waals surface area contributed by atoms with Gasteiger partial charge in [0.05, 0.1) is 18.8 Å². The number of nitrogens with zero attached hydrogens (tertiary/aromatic N) is 4. The Morgan fingerprint density at radius 1 is 1.24 bits per heavy atom. The number of fused-ring (bicyclic) bond motifs is 1. The Kier molecular flexibility index (Phi) is 4.96. The quantitative estimate of drug-likeness (QED) is 0.715. The lowest BCUT2D eigenvalue weighted by molar-refractivity contribution is -0.125. The van der Waals surface area contributed by atoms with Crippen LogP contribution in [0.3, 0.4) is 0 Å². The van der Waals surface area contributed by atoms with Crippen LogP contribution < -0.4 is 11.1 Å². The molecule has 4 rings (SSSR count). The summed E-state index contributed by atoms with van der Waals surface area (Å²) >= 11 is 0. The molecule has 1 aromatic heterocycles. The van der Waals surface area contributed by atoms with Gasteiger partial charge in [-0.25, -0.2) is 4.79 Å². The number of amides is 4. The molecular formula is C20H24N6O3. The maximum Gasteiger partial charge on any atom is 0.327 e. The number of nitrogens with one attached hydrogen (secondary N) is 1. The molecule has 29 heavy (non-hydrogen) atoms. The smallest absolute Gasteiger partial charge is 0.327 e. The fourth-order valence-corrected chi connectivity index (χ4v) is 3.78. The number of carbonyl (C=O) groups is 3. The summed E-state index contributed by atoms with van der Waals surface area (Å²) in [6, 6.07) is 6.74. The molecule has 3 N–H and O–H groups in total. The van der Waals surface area contributed by atoms with Gasteiger partial charge in [0.25, 0.3) is 5.91 Å². The van der Waals surface area contributed by atoms with E-state index in [0.717, 1.165) is 30.6 Å². The van der Waals surface area contributed by atoms with E-state index < -0.39 is 5.91 Å². The highest BCUT2D eigenvalue weighted by molar-refractivity contribution is 6.02. The van der Waals surface area contributed by atoms with E-state index in [9.17, 15) is 14.4 Å². The second-order valence-electron chi connectivity index (χ2n) is 7.52. The molecule has 4 amide bonds. The van der Waals surface area contributed by atoms with Crippen LogP contribution in [0, 0.1) is 0 Å². The second-order valence-corrected chi connectivity index (χ2v) is 7.52. The number of hydrogen-bond donors (Lipinski definition) is 2. The largest absolute Gasteiger partial charge is 0.379 e. The van der Waals surface area contributed by atoms with Gasteiger partial charge in [-0.1, -0.05) is 6.07 Å². The van der Waals surface area contributed by atoms with Crippen molar-refractivity contribution in [3.63, 3.8) is 0 Å². The summed E-state index contributed by atoms with van der Waals surface area (Å²) in [6.45, 7) is 1.60.